The molecule has 1 amide bonds. The van der Waals surface area contributed by atoms with E-state index in [1.54, 1.807) is 12.3 Å². The minimum atomic E-state index is -0.515. The molecular weight excluding hydrogens is 422 g/mol. The van der Waals surface area contributed by atoms with Gasteiger partial charge in [0, 0.05) is 6.20 Å². The standard InChI is InChI=1S/C25H25N3O5/c29-22(15-18-7-3-1-4-8-18)26-21-13-14-28(25(31)27-21)23-12-11-20(33-23)17-32-24(30)16-19-9-5-2-6-10-19/h1-10,13-14,20,23H,11-12,15-17H2,(H,26,27,29,31)/t20-,23+/m0/s1. The van der Waals surface area contributed by atoms with Gasteiger partial charge in [0.25, 0.3) is 0 Å². The Morgan fingerprint density at radius 3 is 2.30 bits per heavy atom. The molecule has 1 aliphatic rings. The number of carbonyl (C=O) groups excluding carboxylic acids is 2. The first-order chi connectivity index (χ1) is 16.1. The Bertz CT molecular complexity index is 1150. The van der Waals surface area contributed by atoms with E-state index in [2.05, 4.69) is 10.3 Å². The third kappa shape index (κ3) is 6.36. The molecule has 170 valence electrons. The number of aromatic nitrogens is 2. The van der Waals surface area contributed by atoms with Crippen LogP contribution in [0.4, 0.5) is 5.82 Å². The van der Waals surface area contributed by atoms with Gasteiger partial charge in [-0.3, -0.25) is 14.2 Å². The molecule has 0 bridgehead atoms. The van der Waals surface area contributed by atoms with E-state index in [0.717, 1.165) is 11.1 Å². The van der Waals surface area contributed by atoms with Crippen LogP contribution in [-0.2, 0) is 31.9 Å². The number of rotatable bonds is 8. The monoisotopic (exact) mass is 447 g/mol. The number of anilines is 1. The predicted octanol–water partition coefficient (Wildman–Crippen LogP) is 2.89. The van der Waals surface area contributed by atoms with Gasteiger partial charge in [0.1, 0.15) is 18.7 Å². The van der Waals surface area contributed by atoms with Crippen LogP contribution in [0.25, 0.3) is 0 Å². The number of benzene rings is 2. The Balaban J connectivity index is 1.26. The van der Waals surface area contributed by atoms with Crippen molar-refractivity contribution in [2.75, 3.05) is 11.9 Å². The molecule has 0 spiro atoms. The van der Waals surface area contributed by atoms with Crippen LogP contribution in [0.2, 0.25) is 0 Å². The third-order valence-electron chi connectivity index (χ3n) is 5.32. The minimum absolute atomic E-state index is 0.137. The summed E-state index contributed by atoms with van der Waals surface area (Å²) in [6.07, 6.45) is 2.44. The van der Waals surface area contributed by atoms with Crippen molar-refractivity contribution in [1.82, 2.24) is 9.55 Å². The molecule has 4 rings (SSSR count). The van der Waals surface area contributed by atoms with Crippen molar-refractivity contribution >= 4 is 17.7 Å². The zero-order valence-corrected chi connectivity index (χ0v) is 18.1. The number of nitrogens with one attached hydrogen (secondary N) is 1. The van der Waals surface area contributed by atoms with Gasteiger partial charge < -0.3 is 14.8 Å². The molecule has 1 aromatic heterocycles. The van der Waals surface area contributed by atoms with E-state index in [9.17, 15) is 14.4 Å². The Morgan fingerprint density at radius 1 is 0.970 bits per heavy atom. The lowest BCUT2D eigenvalue weighted by atomic mass is 10.1. The van der Waals surface area contributed by atoms with Crippen LogP contribution in [0.5, 0.6) is 0 Å². The SMILES string of the molecule is O=C(Cc1ccccc1)Nc1ccn([C@H]2CC[C@@H](COC(=O)Cc3ccccc3)O2)c(=O)n1. The summed E-state index contributed by atoms with van der Waals surface area (Å²) >= 11 is 0. The van der Waals surface area contributed by atoms with Crippen LogP contribution in [-0.4, -0.2) is 34.1 Å². The molecule has 1 fully saturated rings. The normalized spacial score (nSPS) is 17.5. The molecule has 1 saturated heterocycles. The number of esters is 1. The summed E-state index contributed by atoms with van der Waals surface area (Å²) in [7, 11) is 0. The number of carbonyl (C=O) groups is 2. The van der Waals surface area contributed by atoms with Gasteiger partial charge in [-0.15, -0.1) is 0 Å². The first-order valence-corrected chi connectivity index (χ1v) is 10.8. The minimum Gasteiger partial charge on any atom is -0.463 e. The molecule has 0 radical (unpaired) electrons. The summed E-state index contributed by atoms with van der Waals surface area (Å²) in [5.41, 5.74) is 1.25. The Labute approximate surface area is 191 Å². The van der Waals surface area contributed by atoms with E-state index in [1.165, 1.54) is 4.57 Å². The molecule has 1 N–H and O–H groups in total. The van der Waals surface area contributed by atoms with Gasteiger partial charge in [0.05, 0.1) is 18.9 Å². The fourth-order valence-corrected chi connectivity index (χ4v) is 3.68. The average molecular weight is 447 g/mol. The first kappa shape index (κ1) is 22.4. The zero-order valence-electron chi connectivity index (χ0n) is 18.1. The van der Waals surface area contributed by atoms with Crippen molar-refractivity contribution in [2.45, 2.75) is 38.0 Å². The van der Waals surface area contributed by atoms with Crippen molar-refractivity contribution < 1.29 is 19.1 Å². The van der Waals surface area contributed by atoms with Gasteiger partial charge in [-0.05, 0) is 30.0 Å². The summed E-state index contributed by atoms with van der Waals surface area (Å²) in [6, 6.07) is 20.3. The van der Waals surface area contributed by atoms with Crippen molar-refractivity contribution in [3.63, 3.8) is 0 Å². The van der Waals surface area contributed by atoms with E-state index in [0.29, 0.717) is 12.8 Å². The van der Waals surface area contributed by atoms with Gasteiger partial charge in [-0.1, -0.05) is 60.7 Å². The fraction of sp³-hybridized carbons (Fsp3) is 0.280. The van der Waals surface area contributed by atoms with Gasteiger partial charge >= 0.3 is 11.7 Å². The van der Waals surface area contributed by atoms with Crippen molar-refractivity contribution in [3.8, 4) is 0 Å². The predicted molar refractivity (Wildman–Crippen MR) is 122 cm³/mol. The number of nitrogens with zero attached hydrogens (tertiary/aromatic N) is 2. The van der Waals surface area contributed by atoms with Gasteiger partial charge in [-0.2, -0.15) is 4.98 Å². The lowest BCUT2D eigenvalue weighted by Gasteiger charge is -2.16. The second-order valence-corrected chi connectivity index (χ2v) is 7.85. The number of ether oxygens (including phenoxy) is 2. The molecule has 1 aliphatic heterocycles. The van der Waals surface area contributed by atoms with Crippen LogP contribution in [0.15, 0.2) is 77.7 Å². The summed E-state index contributed by atoms with van der Waals surface area (Å²) in [5, 5.41) is 2.65. The van der Waals surface area contributed by atoms with E-state index in [4.69, 9.17) is 9.47 Å². The highest BCUT2D eigenvalue weighted by atomic mass is 16.6. The second-order valence-electron chi connectivity index (χ2n) is 7.85. The molecule has 2 atom stereocenters. The van der Waals surface area contributed by atoms with E-state index < -0.39 is 11.9 Å². The molecule has 0 saturated carbocycles. The van der Waals surface area contributed by atoms with Gasteiger partial charge in [0.2, 0.25) is 5.91 Å². The number of hydrogen-bond donors (Lipinski definition) is 1. The number of hydrogen-bond acceptors (Lipinski definition) is 6. The van der Waals surface area contributed by atoms with Crippen LogP contribution < -0.4 is 11.0 Å². The van der Waals surface area contributed by atoms with E-state index in [1.807, 2.05) is 60.7 Å². The maximum atomic E-state index is 12.5. The maximum absolute atomic E-state index is 12.5. The van der Waals surface area contributed by atoms with Gasteiger partial charge in [-0.25, -0.2) is 4.79 Å². The number of amides is 1. The molecule has 2 aromatic carbocycles. The zero-order chi connectivity index (χ0) is 23.0. The molecule has 8 heteroatoms. The first-order valence-electron chi connectivity index (χ1n) is 10.8. The second kappa shape index (κ2) is 10.7. The van der Waals surface area contributed by atoms with Crippen molar-refractivity contribution in [2.24, 2.45) is 0 Å². The maximum Gasteiger partial charge on any atom is 0.351 e. The summed E-state index contributed by atoms with van der Waals surface area (Å²) < 4.78 is 12.6. The lowest BCUT2D eigenvalue weighted by molar-refractivity contribution is -0.147. The highest BCUT2D eigenvalue weighted by Crippen LogP contribution is 2.27. The molecular formula is C25H25N3O5. The average Bonchev–Trinajstić information content (AvgIpc) is 3.28. The highest BCUT2D eigenvalue weighted by Gasteiger charge is 2.28. The third-order valence-corrected chi connectivity index (χ3v) is 5.32. The molecule has 3 aromatic rings. The molecule has 2 heterocycles. The molecule has 8 nitrogen and oxygen atoms in total. The van der Waals surface area contributed by atoms with E-state index in [-0.39, 0.29) is 43.2 Å². The smallest absolute Gasteiger partial charge is 0.351 e. The van der Waals surface area contributed by atoms with E-state index >= 15 is 0 Å². The highest BCUT2D eigenvalue weighted by molar-refractivity contribution is 5.91. The van der Waals surface area contributed by atoms with Crippen LogP contribution >= 0.6 is 0 Å². The van der Waals surface area contributed by atoms with Crippen molar-refractivity contribution in [1.29, 1.82) is 0 Å². The summed E-state index contributed by atoms with van der Waals surface area (Å²) in [6.45, 7) is 0.137. The fourth-order valence-electron chi connectivity index (χ4n) is 3.68. The summed E-state index contributed by atoms with van der Waals surface area (Å²) in [4.78, 5) is 40.7. The van der Waals surface area contributed by atoms with Crippen LogP contribution in [0.1, 0.15) is 30.2 Å². The van der Waals surface area contributed by atoms with Crippen molar-refractivity contribution in [3.05, 3.63) is 94.5 Å². The Kier molecular flexibility index (Phi) is 7.26. The van der Waals surface area contributed by atoms with Crippen LogP contribution in [0.3, 0.4) is 0 Å². The molecule has 0 aliphatic carbocycles. The lowest BCUT2D eigenvalue weighted by Crippen LogP contribution is -2.29. The molecule has 33 heavy (non-hydrogen) atoms. The van der Waals surface area contributed by atoms with Crippen LogP contribution in [0, 0.1) is 0 Å². The summed E-state index contributed by atoms with van der Waals surface area (Å²) in [5.74, 6) is -0.371. The topological polar surface area (TPSA) is 99.5 Å². The largest absolute Gasteiger partial charge is 0.463 e. The Hall–Kier alpha value is -3.78. The Morgan fingerprint density at radius 2 is 1.64 bits per heavy atom. The molecule has 0 unspecified atom stereocenters. The van der Waals surface area contributed by atoms with Gasteiger partial charge in [0.15, 0.2) is 0 Å². The quantitative estimate of drug-likeness (QED) is 0.533.